The predicted octanol–water partition coefficient (Wildman–Crippen LogP) is 18.2. The van der Waals surface area contributed by atoms with Gasteiger partial charge in [0.15, 0.2) is 0 Å². The Morgan fingerprint density at radius 1 is 0.333 bits per heavy atom. The normalized spacial score (nSPS) is 12.1. The summed E-state index contributed by atoms with van der Waals surface area (Å²) >= 11 is 0. The molecule has 0 unspecified atom stereocenters. The Morgan fingerprint density at radius 2 is 0.583 bits per heavy atom. The maximum atomic E-state index is 12.6. The molecule has 0 fully saturated rings. The summed E-state index contributed by atoms with van der Waals surface area (Å²) in [5.74, 6) is -0.320. The van der Waals surface area contributed by atoms with Gasteiger partial charge in [-0.25, -0.2) is 0 Å². The second-order valence-corrected chi connectivity index (χ2v) is 18.5. The molecule has 356 valence electrons. The Hall–Kier alpha value is -1.36. The smallest absolute Gasteiger partial charge is 0.305 e. The number of unbranched alkanes of at least 4 members (excludes halogenated alkanes) is 38. The van der Waals surface area contributed by atoms with Crippen LogP contribution in [0.15, 0.2) is 12.2 Å². The molecule has 0 saturated carbocycles. The Kier molecular flexibility index (Phi) is 50.8. The van der Waals surface area contributed by atoms with Crippen LogP contribution in [-0.2, 0) is 23.8 Å². The van der Waals surface area contributed by atoms with E-state index in [1.807, 2.05) is 0 Å². The van der Waals surface area contributed by atoms with Gasteiger partial charge in [0.05, 0.1) is 0 Å². The topological polar surface area (TPSA) is 61.8 Å². The molecule has 0 aromatic rings. The van der Waals surface area contributed by atoms with Crippen molar-refractivity contribution >= 4 is 11.9 Å². The third kappa shape index (κ3) is 49.3. The van der Waals surface area contributed by atoms with Crippen molar-refractivity contribution in [1.29, 1.82) is 0 Å². The summed E-state index contributed by atoms with van der Waals surface area (Å²) in [5.41, 5.74) is 0. The van der Waals surface area contributed by atoms with Crippen LogP contribution in [0.4, 0.5) is 0 Å². The van der Waals surface area contributed by atoms with E-state index >= 15 is 0 Å². The zero-order chi connectivity index (χ0) is 43.5. The van der Waals surface area contributed by atoms with Crippen molar-refractivity contribution in [2.45, 2.75) is 309 Å². The third-order valence-corrected chi connectivity index (χ3v) is 12.3. The highest BCUT2D eigenvalue weighted by Gasteiger charge is 2.16. The molecule has 0 aromatic heterocycles. The summed E-state index contributed by atoms with van der Waals surface area (Å²) in [6.07, 6.45) is 59.6. The minimum atomic E-state index is -0.392. The van der Waals surface area contributed by atoms with Crippen LogP contribution >= 0.6 is 0 Å². The molecule has 0 N–H and O–H groups in total. The zero-order valence-corrected chi connectivity index (χ0v) is 41.0. The number of allylic oxidation sites excluding steroid dienone is 2. The number of carbonyl (C=O) groups is 2. The Bertz CT molecular complexity index is 871. The van der Waals surface area contributed by atoms with Crippen LogP contribution in [0.25, 0.3) is 0 Å². The molecular weight excluding hydrogens is 741 g/mol. The maximum absolute atomic E-state index is 12.6. The molecule has 60 heavy (non-hydrogen) atoms. The van der Waals surface area contributed by atoms with Gasteiger partial charge in [-0.2, -0.15) is 0 Å². The highest BCUT2D eigenvalue weighted by atomic mass is 16.6. The number of hydrogen-bond acceptors (Lipinski definition) is 5. The number of ether oxygens (including phenoxy) is 3. The number of esters is 2. The summed E-state index contributed by atoms with van der Waals surface area (Å²) < 4.78 is 17.5. The van der Waals surface area contributed by atoms with Gasteiger partial charge in [-0.3, -0.25) is 9.59 Å². The van der Waals surface area contributed by atoms with E-state index in [0.717, 1.165) is 38.5 Å². The van der Waals surface area contributed by atoms with Gasteiger partial charge in [-0.15, -0.1) is 0 Å². The minimum absolute atomic E-state index is 0.159. The first-order valence-corrected chi connectivity index (χ1v) is 27.2. The molecule has 0 aliphatic heterocycles. The van der Waals surface area contributed by atoms with Gasteiger partial charge in [-0.05, 0) is 44.9 Å². The van der Waals surface area contributed by atoms with Crippen LogP contribution in [0, 0.1) is 0 Å². The van der Waals surface area contributed by atoms with E-state index in [0.29, 0.717) is 19.4 Å². The van der Waals surface area contributed by atoms with Gasteiger partial charge in [-0.1, -0.05) is 258 Å². The second-order valence-electron chi connectivity index (χ2n) is 18.5. The van der Waals surface area contributed by atoms with Crippen LogP contribution < -0.4 is 0 Å². The van der Waals surface area contributed by atoms with Crippen molar-refractivity contribution in [1.82, 2.24) is 0 Å². The fraction of sp³-hybridized carbons (Fsp3) is 0.927. The van der Waals surface area contributed by atoms with Crippen molar-refractivity contribution in [2.75, 3.05) is 19.8 Å². The molecule has 0 bridgehead atoms. The lowest BCUT2D eigenvalue weighted by Crippen LogP contribution is -2.29. The molecule has 0 aliphatic carbocycles. The van der Waals surface area contributed by atoms with Gasteiger partial charge >= 0.3 is 11.9 Å². The average Bonchev–Trinajstić information content (AvgIpc) is 3.25. The zero-order valence-electron chi connectivity index (χ0n) is 41.0. The monoisotopic (exact) mass is 847 g/mol. The number of rotatable bonds is 51. The lowest BCUT2D eigenvalue weighted by Gasteiger charge is -2.18. The summed E-state index contributed by atoms with van der Waals surface area (Å²) in [6, 6.07) is 0. The number of carbonyl (C=O) groups excluding carboxylic acids is 2. The fourth-order valence-corrected chi connectivity index (χ4v) is 8.19. The van der Waals surface area contributed by atoms with Crippen molar-refractivity contribution in [3.05, 3.63) is 12.2 Å². The van der Waals surface area contributed by atoms with Gasteiger partial charge in [0, 0.05) is 19.4 Å². The first-order chi connectivity index (χ1) is 29.6. The molecule has 0 rings (SSSR count). The van der Waals surface area contributed by atoms with E-state index in [4.69, 9.17) is 14.2 Å². The van der Waals surface area contributed by atoms with Gasteiger partial charge in [0.25, 0.3) is 0 Å². The summed E-state index contributed by atoms with van der Waals surface area (Å²) in [6.45, 7) is 7.78. The molecule has 0 aromatic carbocycles. The molecule has 0 heterocycles. The average molecular weight is 847 g/mol. The van der Waals surface area contributed by atoms with E-state index in [1.54, 1.807) is 0 Å². The Balaban J connectivity index is 4.18. The maximum Gasteiger partial charge on any atom is 0.305 e. The Labute approximate surface area is 375 Å². The second kappa shape index (κ2) is 52.0. The van der Waals surface area contributed by atoms with Crippen LogP contribution in [0.5, 0.6) is 0 Å². The van der Waals surface area contributed by atoms with Crippen LogP contribution in [-0.4, -0.2) is 37.9 Å². The first kappa shape index (κ1) is 58.6. The molecular formula is C55H106O5. The molecule has 5 nitrogen and oxygen atoms in total. The minimum Gasteiger partial charge on any atom is -0.463 e. The fourth-order valence-electron chi connectivity index (χ4n) is 8.19. The molecule has 0 radical (unpaired) electrons. The lowest BCUT2D eigenvalue weighted by atomic mass is 10.0. The van der Waals surface area contributed by atoms with Gasteiger partial charge in [0.2, 0.25) is 0 Å². The Morgan fingerprint density at radius 3 is 0.883 bits per heavy atom. The third-order valence-electron chi connectivity index (χ3n) is 12.3. The highest BCUT2D eigenvalue weighted by Crippen LogP contribution is 2.16. The van der Waals surface area contributed by atoms with E-state index in [9.17, 15) is 9.59 Å². The van der Waals surface area contributed by atoms with Crippen LogP contribution in [0.3, 0.4) is 0 Å². The van der Waals surface area contributed by atoms with E-state index in [1.165, 1.54) is 231 Å². The molecule has 1 atom stereocenters. The lowest BCUT2D eigenvalue weighted by molar-refractivity contribution is -0.155. The van der Waals surface area contributed by atoms with Crippen LogP contribution in [0.2, 0.25) is 0 Å². The van der Waals surface area contributed by atoms with Gasteiger partial charge in [0.1, 0.15) is 19.3 Å². The van der Waals surface area contributed by atoms with Gasteiger partial charge < -0.3 is 14.2 Å². The predicted molar refractivity (Wildman–Crippen MR) is 261 cm³/mol. The van der Waals surface area contributed by atoms with E-state index in [-0.39, 0.29) is 25.2 Å². The number of hydrogen-bond donors (Lipinski definition) is 0. The van der Waals surface area contributed by atoms with E-state index in [2.05, 4.69) is 32.9 Å². The summed E-state index contributed by atoms with van der Waals surface area (Å²) in [4.78, 5) is 25.2. The van der Waals surface area contributed by atoms with Crippen LogP contribution in [0.1, 0.15) is 303 Å². The molecule has 0 amide bonds. The van der Waals surface area contributed by atoms with Crippen molar-refractivity contribution < 1.29 is 23.8 Å². The largest absolute Gasteiger partial charge is 0.463 e. The molecule has 5 heteroatoms. The SMILES string of the molecule is CCCCCCCC/C=C\CCCCCCCCCC(=O)OC[C@H](COC(=O)CCCCCCCCCCCCC)OCCCCCCCCCCCCCCCCCC. The quantitative estimate of drug-likeness (QED) is 0.0347. The van der Waals surface area contributed by atoms with Crippen molar-refractivity contribution in [3.8, 4) is 0 Å². The van der Waals surface area contributed by atoms with Crippen molar-refractivity contribution in [2.24, 2.45) is 0 Å². The summed E-state index contributed by atoms with van der Waals surface area (Å²) in [5, 5.41) is 0. The highest BCUT2D eigenvalue weighted by molar-refractivity contribution is 5.69. The molecule has 0 saturated heterocycles. The molecule has 0 spiro atoms. The van der Waals surface area contributed by atoms with Crippen molar-refractivity contribution in [3.63, 3.8) is 0 Å². The summed E-state index contributed by atoms with van der Waals surface area (Å²) in [7, 11) is 0. The standard InChI is InChI=1S/C55H106O5/c1-4-7-10-13-16-19-22-24-26-28-29-31-34-37-40-43-46-49-55(57)60-52-53(51-59-54(56)48-45-42-39-36-33-21-18-15-12-9-6-3)58-50-47-44-41-38-35-32-30-27-25-23-20-17-14-11-8-5-2/h24,26,53H,4-23,25,27-52H2,1-3H3/b26-24-/t53-/m0/s1. The first-order valence-electron chi connectivity index (χ1n) is 27.2. The van der Waals surface area contributed by atoms with E-state index < -0.39 is 6.10 Å². The molecule has 0 aliphatic rings.